The number of benzene rings is 2. The van der Waals surface area contributed by atoms with E-state index in [-0.39, 0.29) is 18.3 Å². The first kappa shape index (κ1) is 15.0. The molecule has 1 amide bonds. The van der Waals surface area contributed by atoms with Crippen LogP contribution in [0.25, 0.3) is 11.0 Å². The van der Waals surface area contributed by atoms with Crippen molar-refractivity contribution in [2.45, 2.75) is 6.42 Å². The van der Waals surface area contributed by atoms with Crippen LogP contribution in [0, 0.1) is 5.82 Å². The number of aromatic amines is 1. The largest absolute Gasteiger partial charge is 0.484 e. The van der Waals surface area contributed by atoms with Gasteiger partial charge in [0.05, 0.1) is 17.4 Å². The zero-order valence-electron chi connectivity index (χ0n) is 12.4. The van der Waals surface area contributed by atoms with Crippen molar-refractivity contribution in [2.75, 3.05) is 13.2 Å². The summed E-state index contributed by atoms with van der Waals surface area (Å²) in [5.41, 5.74) is 3.01. The highest BCUT2D eigenvalue weighted by atomic mass is 19.1. The number of rotatable bonds is 6. The Balaban J connectivity index is 1.42. The summed E-state index contributed by atoms with van der Waals surface area (Å²) in [5.74, 6) is -0.0840. The minimum atomic E-state index is -0.337. The van der Waals surface area contributed by atoms with Gasteiger partial charge in [-0.2, -0.15) is 0 Å². The number of hydrogen-bond acceptors (Lipinski definition) is 3. The van der Waals surface area contributed by atoms with Gasteiger partial charge in [-0.15, -0.1) is 0 Å². The van der Waals surface area contributed by atoms with E-state index in [1.807, 2.05) is 18.2 Å². The Kier molecular flexibility index (Phi) is 4.52. The van der Waals surface area contributed by atoms with Crippen molar-refractivity contribution < 1.29 is 13.9 Å². The molecule has 0 aliphatic heterocycles. The summed E-state index contributed by atoms with van der Waals surface area (Å²) in [6.07, 6.45) is 2.38. The normalized spacial score (nSPS) is 10.7. The van der Waals surface area contributed by atoms with Gasteiger partial charge in [-0.1, -0.05) is 6.07 Å². The first-order valence-corrected chi connectivity index (χ1v) is 7.28. The Morgan fingerprint density at radius 2 is 2.04 bits per heavy atom. The van der Waals surface area contributed by atoms with E-state index in [0.29, 0.717) is 12.3 Å². The number of ether oxygens (including phenoxy) is 1. The van der Waals surface area contributed by atoms with E-state index in [9.17, 15) is 9.18 Å². The summed E-state index contributed by atoms with van der Waals surface area (Å²) in [6.45, 7) is 0.427. The van der Waals surface area contributed by atoms with Gasteiger partial charge < -0.3 is 15.0 Å². The van der Waals surface area contributed by atoms with Crippen LogP contribution in [0.4, 0.5) is 4.39 Å². The first-order valence-electron chi connectivity index (χ1n) is 7.28. The lowest BCUT2D eigenvalue weighted by Gasteiger charge is -2.07. The molecule has 0 bridgehead atoms. The first-order chi connectivity index (χ1) is 11.2. The predicted octanol–water partition coefficient (Wildman–Crippen LogP) is 2.44. The average Bonchev–Trinajstić information content (AvgIpc) is 3.02. The van der Waals surface area contributed by atoms with Gasteiger partial charge in [-0.3, -0.25) is 4.79 Å². The standard InChI is InChI=1S/C17H16FN3O2/c18-13-2-4-14(5-3-13)23-10-17(22)19-8-7-12-1-6-15-16(9-12)21-11-20-15/h1-6,9,11H,7-8,10H2,(H,19,22)(H,20,21). The molecule has 0 radical (unpaired) electrons. The minimum absolute atomic E-state index is 0.0920. The number of carbonyl (C=O) groups is 1. The van der Waals surface area contributed by atoms with Crippen molar-refractivity contribution >= 4 is 16.9 Å². The minimum Gasteiger partial charge on any atom is -0.484 e. The van der Waals surface area contributed by atoms with Crippen molar-refractivity contribution in [3.63, 3.8) is 0 Å². The maximum atomic E-state index is 12.7. The zero-order valence-corrected chi connectivity index (χ0v) is 12.4. The third kappa shape index (κ3) is 4.06. The SMILES string of the molecule is O=C(COc1ccc(F)cc1)NCCc1ccc2nc[nH]c2c1. The number of fused-ring (bicyclic) bond motifs is 1. The Morgan fingerprint density at radius 3 is 2.87 bits per heavy atom. The van der Waals surface area contributed by atoms with Crippen LogP contribution in [0.1, 0.15) is 5.56 Å². The van der Waals surface area contributed by atoms with Crippen LogP contribution in [0.15, 0.2) is 48.8 Å². The van der Waals surface area contributed by atoms with Crippen molar-refractivity contribution in [3.05, 3.63) is 60.2 Å². The van der Waals surface area contributed by atoms with Gasteiger partial charge in [0.25, 0.3) is 5.91 Å². The third-order valence-electron chi connectivity index (χ3n) is 3.40. The van der Waals surface area contributed by atoms with Crippen molar-refractivity contribution in [2.24, 2.45) is 0 Å². The molecule has 0 unspecified atom stereocenters. The lowest BCUT2D eigenvalue weighted by molar-refractivity contribution is -0.123. The number of amides is 1. The summed E-state index contributed by atoms with van der Waals surface area (Å²) in [5, 5.41) is 2.79. The Bertz CT molecular complexity index is 799. The molecule has 0 aliphatic rings. The van der Waals surface area contributed by atoms with Gasteiger partial charge in [0.2, 0.25) is 0 Å². The molecule has 6 heteroatoms. The van der Waals surface area contributed by atoms with E-state index >= 15 is 0 Å². The molecule has 0 saturated heterocycles. The number of hydrogen-bond donors (Lipinski definition) is 2. The maximum absolute atomic E-state index is 12.7. The Labute approximate surface area is 132 Å². The van der Waals surface area contributed by atoms with Gasteiger partial charge in [0.1, 0.15) is 11.6 Å². The van der Waals surface area contributed by atoms with Crippen LogP contribution >= 0.6 is 0 Å². The van der Waals surface area contributed by atoms with E-state index in [2.05, 4.69) is 15.3 Å². The second-order valence-electron chi connectivity index (χ2n) is 5.10. The van der Waals surface area contributed by atoms with Gasteiger partial charge in [0.15, 0.2) is 6.61 Å². The number of H-pyrrole nitrogens is 1. The lowest BCUT2D eigenvalue weighted by Crippen LogP contribution is -2.30. The van der Waals surface area contributed by atoms with E-state index < -0.39 is 0 Å². The molecule has 1 aromatic heterocycles. The molecule has 3 aromatic rings. The van der Waals surface area contributed by atoms with Crippen molar-refractivity contribution in [3.8, 4) is 5.75 Å². The zero-order chi connectivity index (χ0) is 16.1. The van der Waals surface area contributed by atoms with Gasteiger partial charge >= 0.3 is 0 Å². The molecule has 23 heavy (non-hydrogen) atoms. The van der Waals surface area contributed by atoms with E-state index in [1.165, 1.54) is 24.3 Å². The maximum Gasteiger partial charge on any atom is 0.257 e. The molecule has 0 saturated carbocycles. The van der Waals surface area contributed by atoms with E-state index in [1.54, 1.807) is 6.33 Å². The molecule has 1 heterocycles. The highest BCUT2D eigenvalue weighted by Gasteiger charge is 2.04. The van der Waals surface area contributed by atoms with Crippen LogP contribution < -0.4 is 10.1 Å². The van der Waals surface area contributed by atoms with Crippen LogP contribution in [0.3, 0.4) is 0 Å². The fourth-order valence-corrected chi connectivity index (χ4v) is 2.22. The predicted molar refractivity (Wildman–Crippen MR) is 84.7 cm³/mol. The lowest BCUT2D eigenvalue weighted by atomic mass is 10.1. The number of nitrogens with zero attached hydrogens (tertiary/aromatic N) is 1. The molecular formula is C17H16FN3O2. The molecule has 0 aliphatic carbocycles. The second kappa shape index (κ2) is 6.91. The quantitative estimate of drug-likeness (QED) is 0.734. The molecule has 2 aromatic carbocycles. The number of imidazole rings is 1. The summed E-state index contributed by atoms with van der Waals surface area (Å²) < 4.78 is 18.0. The van der Waals surface area contributed by atoms with Crippen LogP contribution in [0.5, 0.6) is 5.75 Å². The molecule has 0 fully saturated rings. The summed E-state index contributed by atoms with van der Waals surface area (Å²) in [6, 6.07) is 11.5. The summed E-state index contributed by atoms with van der Waals surface area (Å²) in [4.78, 5) is 18.9. The average molecular weight is 313 g/mol. The van der Waals surface area contributed by atoms with Crippen molar-refractivity contribution in [1.29, 1.82) is 0 Å². The molecule has 0 atom stereocenters. The number of aromatic nitrogens is 2. The van der Waals surface area contributed by atoms with Crippen LogP contribution in [0.2, 0.25) is 0 Å². The van der Waals surface area contributed by atoms with Gasteiger partial charge in [-0.05, 0) is 48.4 Å². The summed E-state index contributed by atoms with van der Waals surface area (Å²) >= 11 is 0. The fraction of sp³-hybridized carbons (Fsp3) is 0.176. The molecule has 118 valence electrons. The van der Waals surface area contributed by atoms with Gasteiger partial charge in [-0.25, -0.2) is 9.37 Å². The number of halogens is 1. The van der Waals surface area contributed by atoms with E-state index in [0.717, 1.165) is 23.0 Å². The van der Waals surface area contributed by atoms with Crippen molar-refractivity contribution in [1.82, 2.24) is 15.3 Å². The van der Waals surface area contributed by atoms with Crippen LogP contribution in [-0.2, 0) is 11.2 Å². The highest BCUT2D eigenvalue weighted by Crippen LogP contribution is 2.12. The Morgan fingerprint density at radius 1 is 1.22 bits per heavy atom. The fourth-order valence-electron chi connectivity index (χ4n) is 2.22. The topological polar surface area (TPSA) is 67.0 Å². The Hall–Kier alpha value is -2.89. The second-order valence-corrected chi connectivity index (χ2v) is 5.10. The monoisotopic (exact) mass is 313 g/mol. The summed E-state index contributed by atoms with van der Waals surface area (Å²) in [7, 11) is 0. The van der Waals surface area contributed by atoms with Gasteiger partial charge in [0, 0.05) is 6.54 Å². The molecule has 3 rings (SSSR count). The highest BCUT2D eigenvalue weighted by molar-refractivity contribution is 5.77. The number of carbonyl (C=O) groups excluding carboxylic acids is 1. The smallest absolute Gasteiger partial charge is 0.257 e. The molecule has 5 nitrogen and oxygen atoms in total. The molecular weight excluding hydrogens is 297 g/mol. The third-order valence-corrected chi connectivity index (χ3v) is 3.40. The van der Waals surface area contributed by atoms with Crippen LogP contribution in [-0.4, -0.2) is 29.0 Å². The van der Waals surface area contributed by atoms with E-state index in [4.69, 9.17) is 4.74 Å². The number of nitrogens with one attached hydrogen (secondary N) is 2. The molecule has 2 N–H and O–H groups in total. The molecule has 0 spiro atoms.